The van der Waals surface area contributed by atoms with Gasteiger partial charge in [-0.1, -0.05) is 21.9 Å². The van der Waals surface area contributed by atoms with E-state index in [0.717, 1.165) is 10.2 Å². The fourth-order valence-electron chi connectivity index (χ4n) is 1.11. The number of anilines is 1. The normalized spacial score (nSPS) is 9.21. The third-order valence-corrected chi connectivity index (χ3v) is 2.24. The van der Waals surface area contributed by atoms with Gasteiger partial charge in [0.1, 0.15) is 0 Å². The zero-order valence-corrected chi connectivity index (χ0v) is 9.39. The largest absolute Gasteiger partial charge is 0.374 e. The highest BCUT2D eigenvalue weighted by atomic mass is 79.9. The fourth-order valence-corrected chi connectivity index (χ4v) is 1.47. The van der Waals surface area contributed by atoms with Crippen LogP contribution < -0.4 is 5.32 Å². The van der Waals surface area contributed by atoms with Gasteiger partial charge in [-0.25, -0.2) is 0 Å². The van der Waals surface area contributed by atoms with Crippen molar-refractivity contribution in [3.05, 3.63) is 28.2 Å². The number of ketones is 1. The molecular formula is C11H10BrNO. The van der Waals surface area contributed by atoms with Crippen molar-refractivity contribution in [2.75, 3.05) is 11.9 Å². The number of terminal acetylenes is 1. The summed E-state index contributed by atoms with van der Waals surface area (Å²) in [5.74, 6) is 2.48. The van der Waals surface area contributed by atoms with Gasteiger partial charge in [0.15, 0.2) is 5.78 Å². The Labute approximate surface area is 91.8 Å². The minimum atomic E-state index is 0.0193. The molecule has 0 aromatic heterocycles. The number of Topliss-reactive ketones (excluding diaryl/α,β-unsaturated/α-hetero) is 1. The molecule has 3 heteroatoms. The maximum atomic E-state index is 11.3. The Balaban J connectivity index is 3.03. The first-order chi connectivity index (χ1) is 6.65. The van der Waals surface area contributed by atoms with Crippen LogP contribution in [0.3, 0.4) is 0 Å². The third-order valence-electron chi connectivity index (χ3n) is 1.74. The predicted molar refractivity (Wildman–Crippen MR) is 61.5 cm³/mol. The molecule has 1 aromatic rings. The number of carbonyl (C=O) groups excluding carboxylic acids is 1. The molecule has 0 heterocycles. The fraction of sp³-hybridized carbons (Fsp3) is 0.182. The first-order valence-corrected chi connectivity index (χ1v) is 4.92. The number of hydrogen-bond donors (Lipinski definition) is 1. The summed E-state index contributed by atoms with van der Waals surface area (Å²) in [5, 5.41) is 2.99. The third kappa shape index (κ3) is 2.61. The average Bonchev–Trinajstić information content (AvgIpc) is 2.15. The lowest BCUT2D eigenvalue weighted by Crippen LogP contribution is -2.04. The first kappa shape index (κ1) is 10.8. The van der Waals surface area contributed by atoms with Crippen LogP contribution in [0.5, 0.6) is 0 Å². The van der Waals surface area contributed by atoms with Crippen LogP contribution in [0.1, 0.15) is 17.3 Å². The molecule has 1 N–H and O–H groups in total. The summed E-state index contributed by atoms with van der Waals surface area (Å²) in [6, 6.07) is 5.48. The van der Waals surface area contributed by atoms with Crippen molar-refractivity contribution >= 4 is 27.4 Å². The molecule has 0 aliphatic carbocycles. The molecule has 0 bridgehead atoms. The molecule has 0 radical (unpaired) electrons. The van der Waals surface area contributed by atoms with Crippen LogP contribution in [0.25, 0.3) is 0 Å². The van der Waals surface area contributed by atoms with Crippen molar-refractivity contribution in [2.45, 2.75) is 6.92 Å². The lowest BCUT2D eigenvalue weighted by atomic mass is 10.1. The lowest BCUT2D eigenvalue weighted by Gasteiger charge is -2.07. The van der Waals surface area contributed by atoms with Crippen molar-refractivity contribution in [2.24, 2.45) is 0 Å². The van der Waals surface area contributed by atoms with Crippen molar-refractivity contribution in [1.29, 1.82) is 0 Å². The van der Waals surface area contributed by atoms with E-state index in [1.165, 1.54) is 6.92 Å². The van der Waals surface area contributed by atoms with Gasteiger partial charge in [-0.3, -0.25) is 4.79 Å². The zero-order valence-electron chi connectivity index (χ0n) is 7.80. The Morgan fingerprint density at radius 2 is 2.36 bits per heavy atom. The van der Waals surface area contributed by atoms with Crippen molar-refractivity contribution in [1.82, 2.24) is 0 Å². The van der Waals surface area contributed by atoms with Gasteiger partial charge in [-0.05, 0) is 25.1 Å². The monoisotopic (exact) mass is 251 g/mol. The zero-order chi connectivity index (χ0) is 10.6. The number of halogens is 1. The highest BCUT2D eigenvalue weighted by Gasteiger charge is 2.06. The van der Waals surface area contributed by atoms with Gasteiger partial charge in [-0.15, -0.1) is 6.42 Å². The van der Waals surface area contributed by atoms with Gasteiger partial charge in [0.05, 0.1) is 6.54 Å². The summed E-state index contributed by atoms with van der Waals surface area (Å²) in [4.78, 5) is 11.3. The molecule has 0 aliphatic rings. The molecule has 0 aliphatic heterocycles. The summed E-state index contributed by atoms with van der Waals surface area (Å²) in [6.07, 6.45) is 5.13. The number of hydrogen-bond acceptors (Lipinski definition) is 2. The Hall–Kier alpha value is -1.27. The molecule has 2 nitrogen and oxygen atoms in total. The van der Waals surface area contributed by atoms with E-state index in [1.54, 1.807) is 6.07 Å². The quantitative estimate of drug-likeness (QED) is 0.662. The molecule has 0 fully saturated rings. The second kappa shape index (κ2) is 4.83. The van der Waals surface area contributed by atoms with Crippen LogP contribution in [0.4, 0.5) is 5.69 Å². The van der Waals surface area contributed by atoms with Crippen molar-refractivity contribution in [3.8, 4) is 12.3 Å². The SMILES string of the molecule is C#CCNc1ccc(Br)cc1C(C)=O. The smallest absolute Gasteiger partial charge is 0.161 e. The van der Waals surface area contributed by atoms with E-state index in [2.05, 4.69) is 27.2 Å². The minimum Gasteiger partial charge on any atom is -0.374 e. The highest BCUT2D eigenvalue weighted by Crippen LogP contribution is 2.21. The molecule has 0 saturated heterocycles. The van der Waals surface area contributed by atoms with E-state index < -0.39 is 0 Å². The highest BCUT2D eigenvalue weighted by molar-refractivity contribution is 9.10. The Morgan fingerprint density at radius 3 is 2.93 bits per heavy atom. The summed E-state index contributed by atoms with van der Waals surface area (Å²) in [7, 11) is 0. The van der Waals surface area contributed by atoms with E-state index in [1.807, 2.05) is 12.1 Å². The van der Waals surface area contributed by atoms with Gasteiger partial charge >= 0.3 is 0 Å². The molecular weight excluding hydrogens is 242 g/mol. The van der Waals surface area contributed by atoms with E-state index in [9.17, 15) is 4.79 Å². The average molecular weight is 252 g/mol. The van der Waals surface area contributed by atoms with Crippen LogP contribution in [0.2, 0.25) is 0 Å². The Kier molecular flexibility index (Phi) is 3.73. The lowest BCUT2D eigenvalue weighted by molar-refractivity contribution is 0.101. The van der Waals surface area contributed by atoms with Crippen LogP contribution in [-0.2, 0) is 0 Å². The second-order valence-corrected chi connectivity index (χ2v) is 3.72. The molecule has 0 saturated carbocycles. The molecule has 1 aromatic carbocycles. The van der Waals surface area contributed by atoms with Crippen molar-refractivity contribution in [3.63, 3.8) is 0 Å². The van der Waals surface area contributed by atoms with Gasteiger partial charge < -0.3 is 5.32 Å². The predicted octanol–water partition coefficient (Wildman–Crippen LogP) is 2.70. The van der Waals surface area contributed by atoms with E-state index in [4.69, 9.17) is 6.42 Å². The van der Waals surface area contributed by atoms with Gasteiger partial charge in [-0.2, -0.15) is 0 Å². The van der Waals surface area contributed by atoms with Crippen LogP contribution in [0, 0.1) is 12.3 Å². The standard InChI is InChI=1S/C11H10BrNO/c1-3-6-13-11-5-4-9(12)7-10(11)8(2)14/h1,4-5,7,13H,6H2,2H3. The van der Waals surface area contributed by atoms with Gasteiger partial charge in [0, 0.05) is 15.7 Å². The summed E-state index contributed by atoms with van der Waals surface area (Å²) < 4.78 is 0.883. The number of rotatable bonds is 3. The van der Waals surface area contributed by atoms with E-state index in [-0.39, 0.29) is 5.78 Å². The molecule has 0 atom stereocenters. The van der Waals surface area contributed by atoms with Crippen molar-refractivity contribution < 1.29 is 4.79 Å². The minimum absolute atomic E-state index is 0.0193. The van der Waals surface area contributed by atoms with E-state index >= 15 is 0 Å². The number of carbonyl (C=O) groups is 1. The van der Waals surface area contributed by atoms with E-state index in [0.29, 0.717) is 12.1 Å². The summed E-state index contributed by atoms with van der Waals surface area (Å²) in [6.45, 7) is 1.95. The first-order valence-electron chi connectivity index (χ1n) is 4.13. The van der Waals surface area contributed by atoms with Gasteiger partial charge in [0.25, 0.3) is 0 Å². The summed E-state index contributed by atoms with van der Waals surface area (Å²) in [5.41, 5.74) is 1.42. The molecule has 0 unspecified atom stereocenters. The Morgan fingerprint density at radius 1 is 1.64 bits per heavy atom. The van der Waals surface area contributed by atoms with Crippen LogP contribution in [0.15, 0.2) is 22.7 Å². The second-order valence-electron chi connectivity index (χ2n) is 2.80. The van der Waals surface area contributed by atoms with Gasteiger partial charge in [0.2, 0.25) is 0 Å². The van der Waals surface area contributed by atoms with Crippen LogP contribution in [-0.4, -0.2) is 12.3 Å². The molecule has 14 heavy (non-hydrogen) atoms. The number of benzene rings is 1. The molecule has 1 rings (SSSR count). The molecule has 0 spiro atoms. The van der Waals surface area contributed by atoms with Crippen LogP contribution >= 0.6 is 15.9 Å². The summed E-state index contributed by atoms with van der Waals surface area (Å²) >= 11 is 3.31. The molecule has 72 valence electrons. The maximum absolute atomic E-state index is 11.3. The topological polar surface area (TPSA) is 29.1 Å². The maximum Gasteiger partial charge on any atom is 0.161 e. The molecule has 0 amide bonds. The Bertz CT molecular complexity index is 393. The number of nitrogens with one attached hydrogen (secondary N) is 1.